The van der Waals surface area contributed by atoms with Gasteiger partial charge < -0.3 is 5.73 Å². The molecule has 0 spiro atoms. The quantitative estimate of drug-likeness (QED) is 0.838. The highest BCUT2D eigenvalue weighted by Crippen LogP contribution is 2.21. The Morgan fingerprint density at radius 2 is 2.12 bits per heavy atom. The molecule has 1 aromatic rings. The summed E-state index contributed by atoms with van der Waals surface area (Å²) < 4.78 is 0. The van der Waals surface area contributed by atoms with E-state index < -0.39 is 0 Å². The highest BCUT2D eigenvalue weighted by molar-refractivity contribution is 5.16. The minimum atomic E-state index is 0.514. The third-order valence-electron chi connectivity index (χ3n) is 3.66. The van der Waals surface area contributed by atoms with E-state index in [4.69, 9.17) is 5.73 Å². The predicted octanol–water partition coefficient (Wildman–Crippen LogP) is 2.04. The number of nitrogens with zero attached hydrogens (tertiary/aromatic N) is 1. The summed E-state index contributed by atoms with van der Waals surface area (Å²) in [6.07, 6.45) is 3.74. The van der Waals surface area contributed by atoms with Gasteiger partial charge in [0.1, 0.15) is 0 Å². The van der Waals surface area contributed by atoms with Crippen LogP contribution in [0.3, 0.4) is 0 Å². The van der Waals surface area contributed by atoms with E-state index in [0.717, 1.165) is 13.0 Å². The molecule has 1 heterocycles. The first-order valence-corrected chi connectivity index (χ1v) is 6.31. The second kappa shape index (κ2) is 5.46. The number of benzene rings is 1. The topological polar surface area (TPSA) is 29.3 Å². The molecule has 2 atom stereocenters. The zero-order valence-electron chi connectivity index (χ0n) is 10.1. The van der Waals surface area contributed by atoms with Gasteiger partial charge in [0, 0.05) is 18.6 Å². The van der Waals surface area contributed by atoms with E-state index in [0.29, 0.717) is 12.1 Å². The first-order chi connectivity index (χ1) is 7.81. The Morgan fingerprint density at radius 3 is 2.69 bits per heavy atom. The van der Waals surface area contributed by atoms with E-state index in [-0.39, 0.29) is 0 Å². The largest absolute Gasteiger partial charge is 0.329 e. The van der Waals surface area contributed by atoms with Gasteiger partial charge in [-0.25, -0.2) is 0 Å². The molecule has 16 heavy (non-hydrogen) atoms. The average molecular weight is 218 g/mol. The number of nitrogens with two attached hydrogens (primary N) is 1. The van der Waals surface area contributed by atoms with Crippen LogP contribution >= 0.6 is 0 Å². The van der Waals surface area contributed by atoms with Crippen LogP contribution in [0.15, 0.2) is 30.3 Å². The SMILES string of the molecule is CC1CCCN1C(CN)Cc1ccccc1. The van der Waals surface area contributed by atoms with Crippen molar-refractivity contribution in [3.8, 4) is 0 Å². The molecule has 0 radical (unpaired) electrons. The van der Waals surface area contributed by atoms with Crippen molar-refractivity contribution in [2.75, 3.05) is 13.1 Å². The summed E-state index contributed by atoms with van der Waals surface area (Å²) in [5.74, 6) is 0. The zero-order chi connectivity index (χ0) is 11.4. The standard InChI is InChI=1S/C14H22N2/c1-12-6-5-9-16(12)14(11-15)10-13-7-3-2-4-8-13/h2-4,7-8,12,14H,5-6,9-11,15H2,1H3. The van der Waals surface area contributed by atoms with Crippen molar-refractivity contribution < 1.29 is 0 Å². The number of rotatable bonds is 4. The Hall–Kier alpha value is -0.860. The third kappa shape index (κ3) is 2.63. The van der Waals surface area contributed by atoms with Crippen LogP contribution in [0.2, 0.25) is 0 Å². The summed E-state index contributed by atoms with van der Waals surface area (Å²) >= 11 is 0. The fourth-order valence-corrected chi connectivity index (χ4v) is 2.72. The minimum absolute atomic E-state index is 0.514. The molecule has 1 aliphatic rings. The zero-order valence-corrected chi connectivity index (χ0v) is 10.1. The average Bonchev–Trinajstić information content (AvgIpc) is 2.74. The Balaban J connectivity index is 2.00. The molecule has 0 bridgehead atoms. The summed E-state index contributed by atoms with van der Waals surface area (Å²) in [6.45, 7) is 4.30. The van der Waals surface area contributed by atoms with Gasteiger partial charge in [-0.1, -0.05) is 30.3 Å². The Bertz CT molecular complexity index is 310. The van der Waals surface area contributed by atoms with Gasteiger partial charge in [-0.3, -0.25) is 4.90 Å². The van der Waals surface area contributed by atoms with Gasteiger partial charge >= 0.3 is 0 Å². The molecule has 88 valence electrons. The van der Waals surface area contributed by atoms with Crippen LogP contribution in [0, 0.1) is 0 Å². The lowest BCUT2D eigenvalue weighted by Gasteiger charge is -2.30. The molecule has 0 aromatic heterocycles. The normalized spacial score (nSPS) is 23.5. The van der Waals surface area contributed by atoms with Crippen LogP contribution in [0.1, 0.15) is 25.3 Å². The van der Waals surface area contributed by atoms with Crippen LogP contribution in [-0.2, 0) is 6.42 Å². The van der Waals surface area contributed by atoms with Gasteiger partial charge in [0.15, 0.2) is 0 Å². The minimum Gasteiger partial charge on any atom is -0.329 e. The first kappa shape index (κ1) is 11.6. The molecule has 2 nitrogen and oxygen atoms in total. The molecule has 0 aliphatic carbocycles. The van der Waals surface area contributed by atoms with Gasteiger partial charge in [0.2, 0.25) is 0 Å². The summed E-state index contributed by atoms with van der Waals surface area (Å²) in [5.41, 5.74) is 7.32. The molecule has 2 N–H and O–H groups in total. The smallest absolute Gasteiger partial charge is 0.0261 e. The maximum absolute atomic E-state index is 5.92. The van der Waals surface area contributed by atoms with Crippen LogP contribution in [-0.4, -0.2) is 30.1 Å². The molecular formula is C14H22N2. The maximum Gasteiger partial charge on any atom is 0.0261 e. The maximum atomic E-state index is 5.92. The molecule has 1 aromatic carbocycles. The van der Waals surface area contributed by atoms with E-state index in [1.165, 1.54) is 24.9 Å². The van der Waals surface area contributed by atoms with E-state index in [1.807, 2.05) is 0 Å². The molecule has 0 saturated carbocycles. The number of hydrogen-bond acceptors (Lipinski definition) is 2. The van der Waals surface area contributed by atoms with E-state index in [9.17, 15) is 0 Å². The lowest BCUT2D eigenvalue weighted by molar-refractivity contribution is 0.193. The molecule has 0 amide bonds. The fraction of sp³-hybridized carbons (Fsp3) is 0.571. The van der Waals surface area contributed by atoms with E-state index in [2.05, 4.69) is 42.2 Å². The van der Waals surface area contributed by atoms with Gasteiger partial charge in [0.25, 0.3) is 0 Å². The van der Waals surface area contributed by atoms with Crippen molar-refractivity contribution in [1.29, 1.82) is 0 Å². The van der Waals surface area contributed by atoms with E-state index >= 15 is 0 Å². The molecule has 1 fully saturated rings. The predicted molar refractivity (Wildman–Crippen MR) is 68.4 cm³/mol. The molecule has 1 saturated heterocycles. The highest BCUT2D eigenvalue weighted by Gasteiger charge is 2.26. The monoisotopic (exact) mass is 218 g/mol. The Labute approximate surface area is 98.4 Å². The van der Waals surface area contributed by atoms with Crippen LogP contribution < -0.4 is 5.73 Å². The number of hydrogen-bond donors (Lipinski definition) is 1. The molecule has 2 unspecified atom stereocenters. The lowest BCUT2D eigenvalue weighted by Crippen LogP contribution is -2.43. The van der Waals surface area contributed by atoms with Gasteiger partial charge in [0.05, 0.1) is 0 Å². The van der Waals surface area contributed by atoms with Gasteiger partial charge in [-0.05, 0) is 38.3 Å². The summed E-state index contributed by atoms with van der Waals surface area (Å²) in [6, 6.07) is 11.9. The van der Waals surface area contributed by atoms with Crippen molar-refractivity contribution in [3.63, 3.8) is 0 Å². The second-order valence-electron chi connectivity index (χ2n) is 4.81. The highest BCUT2D eigenvalue weighted by atomic mass is 15.2. The van der Waals surface area contributed by atoms with Crippen molar-refractivity contribution in [2.45, 2.75) is 38.3 Å². The fourth-order valence-electron chi connectivity index (χ4n) is 2.72. The third-order valence-corrected chi connectivity index (χ3v) is 3.66. The molecule has 1 aliphatic heterocycles. The van der Waals surface area contributed by atoms with Gasteiger partial charge in [-0.2, -0.15) is 0 Å². The van der Waals surface area contributed by atoms with Crippen molar-refractivity contribution in [3.05, 3.63) is 35.9 Å². The van der Waals surface area contributed by atoms with Crippen LogP contribution in [0.5, 0.6) is 0 Å². The van der Waals surface area contributed by atoms with Gasteiger partial charge in [-0.15, -0.1) is 0 Å². The Morgan fingerprint density at radius 1 is 1.38 bits per heavy atom. The molecule has 2 rings (SSSR count). The summed E-state index contributed by atoms with van der Waals surface area (Å²) in [4.78, 5) is 2.58. The van der Waals surface area contributed by atoms with Crippen LogP contribution in [0.25, 0.3) is 0 Å². The van der Waals surface area contributed by atoms with Crippen molar-refractivity contribution in [1.82, 2.24) is 4.90 Å². The molecular weight excluding hydrogens is 196 g/mol. The Kier molecular flexibility index (Phi) is 3.97. The van der Waals surface area contributed by atoms with Crippen molar-refractivity contribution >= 4 is 0 Å². The number of likely N-dealkylation sites (tertiary alicyclic amines) is 1. The second-order valence-corrected chi connectivity index (χ2v) is 4.81. The van der Waals surface area contributed by atoms with Crippen LogP contribution in [0.4, 0.5) is 0 Å². The lowest BCUT2D eigenvalue weighted by atomic mass is 10.0. The summed E-state index contributed by atoms with van der Waals surface area (Å²) in [5, 5.41) is 0. The summed E-state index contributed by atoms with van der Waals surface area (Å²) in [7, 11) is 0. The van der Waals surface area contributed by atoms with E-state index in [1.54, 1.807) is 0 Å². The van der Waals surface area contributed by atoms with Crippen molar-refractivity contribution in [2.24, 2.45) is 5.73 Å². The molecule has 2 heteroatoms. The first-order valence-electron chi connectivity index (χ1n) is 6.31.